The molecule has 1 atom stereocenters. The third kappa shape index (κ3) is 4.79. The Labute approximate surface area is 101 Å². The maximum absolute atomic E-state index is 3.81. The van der Waals surface area contributed by atoms with Crippen molar-refractivity contribution >= 4 is 0 Å². The largest absolute Gasteiger partial charge is 0.106 e. The Morgan fingerprint density at radius 2 is 1.69 bits per heavy atom. The van der Waals surface area contributed by atoms with Crippen molar-refractivity contribution < 1.29 is 0 Å². The van der Waals surface area contributed by atoms with E-state index in [0.717, 1.165) is 0 Å². The van der Waals surface area contributed by atoms with Crippen molar-refractivity contribution in [3.63, 3.8) is 0 Å². The van der Waals surface area contributed by atoms with Crippen LogP contribution in [0, 0.1) is 0 Å². The van der Waals surface area contributed by atoms with Gasteiger partial charge in [-0.2, -0.15) is 0 Å². The maximum atomic E-state index is 3.81. The lowest BCUT2D eigenvalue weighted by Crippen LogP contribution is -1.94. The predicted octanol–water partition coefficient (Wildman–Crippen LogP) is 5.36. The fourth-order valence-electron chi connectivity index (χ4n) is 1.48. The molecule has 0 aliphatic carbocycles. The summed E-state index contributed by atoms with van der Waals surface area (Å²) in [5, 5.41) is 0. The van der Waals surface area contributed by atoms with Crippen molar-refractivity contribution in [3.05, 3.63) is 73.4 Å². The van der Waals surface area contributed by atoms with Crippen molar-refractivity contribution in [1.29, 1.82) is 0 Å². The molecule has 0 heterocycles. The van der Waals surface area contributed by atoms with Gasteiger partial charge in [0.1, 0.15) is 0 Å². The molecule has 0 spiro atoms. The molecule has 88 valence electrons. The van der Waals surface area contributed by atoms with Crippen LogP contribution in [0.3, 0.4) is 0 Å². The van der Waals surface area contributed by atoms with Gasteiger partial charge < -0.3 is 0 Å². The van der Waals surface area contributed by atoms with Crippen molar-refractivity contribution in [1.82, 2.24) is 0 Å². The standard InChI is InChI=1S/C13H16.C2H4.CH4/c1-4-12(5-2)11(3)13-9-7-6-8-10-13;1-2;/h4-11H,1H2,2-3H3;1-2H2;1H4/b12-5+;;. The van der Waals surface area contributed by atoms with Crippen LogP contribution in [0.2, 0.25) is 0 Å². The molecule has 1 unspecified atom stereocenters. The summed E-state index contributed by atoms with van der Waals surface area (Å²) in [6.07, 6.45) is 4.04. The van der Waals surface area contributed by atoms with Gasteiger partial charge in [-0.1, -0.05) is 63.4 Å². The zero-order valence-corrected chi connectivity index (χ0v) is 9.74. The summed E-state index contributed by atoms with van der Waals surface area (Å²) >= 11 is 0. The van der Waals surface area contributed by atoms with Gasteiger partial charge in [0.2, 0.25) is 0 Å². The second-order valence-electron chi connectivity index (χ2n) is 3.13. The Balaban J connectivity index is 0. The molecule has 0 N–H and O–H groups in total. The summed E-state index contributed by atoms with van der Waals surface area (Å²) in [5.74, 6) is 0.448. The Hall–Kier alpha value is -1.56. The number of allylic oxidation sites excluding steroid dienone is 3. The molecule has 0 amide bonds. The highest BCUT2D eigenvalue weighted by molar-refractivity contribution is 5.32. The van der Waals surface area contributed by atoms with Gasteiger partial charge in [0, 0.05) is 5.92 Å². The van der Waals surface area contributed by atoms with Crippen LogP contribution in [0.5, 0.6) is 0 Å². The fourth-order valence-corrected chi connectivity index (χ4v) is 1.48. The molecule has 0 heteroatoms. The van der Waals surface area contributed by atoms with Crippen LogP contribution in [-0.2, 0) is 0 Å². The van der Waals surface area contributed by atoms with Crippen LogP contribution in [0.1, 0.15) is 32.8 Å². The minimum Gasteiger partial charge on any atom is -0.106 e. The van der Waals surface area contributed by atoms with Crippen molar-refractivity contribution in [3.8, 4) is 0 Å². The van der Waals surface area contributed by atoms with Gasteiger partial charge in [0.05, 0.1) is 0 Å². The Morgan fingerprint density at radius 1 is 1.19 bits per heavy atom. The van der Waals surface area contributed by atoms with Crippen molar-refractivity contribution in [2.24, 2.45) is 0 Å². The molecule has 0 aliphatic rings. The lowest BCUT2D eigenvalue weighted by atomic mass is 9.93. The molecule has 16 heavy (non-hydrogen) atoms. The third-order valence-electron chi connectivity index (χ3n) is 2.37. The first-order valence-electron chi connectivity index (χ1n) is 5.13. The van der Waals surface area contributed by atoms with Crippen molar-refractivity contribution in [2.45, 2.75) is 27.2 Å². The Bertz CT molecular complexity index is 306. The van der Waals surface area contributed by atoms with Gasteiger partial charge in [0.25, 0.3) is 0 Å². The van der Waals surface area contributed by atoms with Gasteiger partial charge in [-0.15, -0.1) is 13.2 Å². The van der Waals surface area contributed by atoms with E-state index in [0.29, 0.717) is 5.92 Å². The molecule has 0 aromatic heterocycles. The maximum Gasteiger partial charge on any atom is 0.00575 e. The molecule has 1 aromatic carbocycles. The van der Waals surface area contributed by atoms with E-state index in [9.17, 15) is 0 Å². The smallest absolute Gasteiger partial charge is 0.00575 e. The second-order valence-corrected chi connectivity index (χ2v) is 3.13. The van der Waals surface area contributed by atoms with E-state index in [-0.39, 0.29) is 7.43 Å². The van der Waals surface area contributed by atoms with E-state index in [1.54, 1.807) is 0 Å². The lowest BCUT2D eigenvalue weighted by molar-refractivity contribution is 0.919. The highest BCUT2D eigenvalue weighted by atomic mass is 14.1. The number of rotatable bonds is 3. The second kappa shape index (κ2) is 9.97. The number of hydrogen-bond acceptors (Lipinski definition) is 0. The average molecular weight is 216 g/mol. The Kier molecular flexibility index (Phi) is 10.5. The van der Waals surface area contributed by atoms with Crippen LogP contribution in [0.4, 0.5) is 0 Å². The van der Waals surface area contributed by atoms with Crippen LogP contribution in [0.25, 0.3) is 0 Å². The first kappa shape index (κ1) is 16.9. The van der Waals surface area contributed by atoms with Gasteiger partial charge in [-0.25, -0.2) is 0 Å². The first-order valence-corrected chi connectivity index (χ1v) is 5.13. The highest BCUT2D eigenvalue weighted by Gasteiger charge is 2.06. The van der Waals surface area contributed by atoms with Crippen LogP contribution < -0.4 is 0 Å². The van der Waals surface area contributed by atoms with Crippen molar-refractivity contribution in [2.75, 3.05) is 0 Å². The summed E-state index contributed by atoms with van der Waals surface area (Å²) in [7, 11) is 0. The molecule has 0 saturated carbocycles. The third-order valence-corrected chi connectivity index (χ3v) is 2.37. The SMILES string of the molecule is C.C=C.C=C/C(=C\C)C(C)c1ccccc1. The summed E-state index contributed by atoms with van der Waals surface area (Å²) in [4.78, 5) is 0. The molecule has 1 rings (SSSR count). The molecule has 0 bridgehead atoms. The number of hydrogen-bond donors (Lipinski definition) is 0. The highest BCUT2D eigenvalue weighted by Crippen LogP contribution is 2.23. The topological polar surface area (TPSA) is 0 Å². The van der Waals surface area contributed by atoms with Gasteiger partial charge in [-0.3, -0.25) is 0 Å². The minimum absolute atomic E-state index is 0. The molecule has 0 radical (unpaired) electrons. The van der Waals surface area contributed by atoms with Gasteiger partial charge in [0.15, 0.2) is 0 Å². The summed E-state index contributed by atoms with van der Waals surface area (Å²) in [6, 6.07) is 10.5. The van der Waals surface area contributed by atoms with E-state index in [4.69, 9.17) is 0 Å². The van der Waals surface area contributed by atoms with Crippen LogP contribution in [-0.4, -0.2) is 0 Å². The summed E-state index contributed by atoms with van der Waals surface area (Å²) in [5.41, 5.74) is 2.63. The minimum atomic E-state index is 0. The molecular formula is C16H24. The predicted molar refractivity (Wildman–Crippen MR) is 76.8 cm³/mol. The first-order chi connectivity index (χ1) is 7.29. The molecule has 0 nitrogen and oxygen atoms in total. The summed E-state index contributed by atoms with van der Waals surface area (Å²) < 4.78 is 0. The zero-order valence-electron chi connectivity index (χ0n) is 9.74. The van der Waals surface area contributed by atoms with Gasteiger partial charge >= 0.3 is 0 Å². The van der Waals surface area contributed by atoms with Crippen LogP contribution in [0.15, 0.2) is 67.8 Å². The van der Waals surface area contributed by atoms with Crippen LogP contribution >= 0.6 is 0 Å². The van der Waals surface area contributed by atoms with E-state index in [1.807, 2.05) is 12.1 Å². The molecule has 1 aromatic rings. The van der Waals surface area contributed by atoms with E-state index in [1.165, 1.54) is 11.1 Å². The fraction of sp³-hybridized carbons (Fsp3) is 0.250. The van der Waals surface area contributed by atoms with E-state index < -0.39 is 0 Å². The zero-order chi connectivity index (χ0) is 11.7. The van der Waals surface area contributed by atoms with Gasteiger partial charge in [-0.05, 0) is 18.1 Å². The summed E-state index contributed by atoms with van der Waals surface area (Å²) in [6.45, 7) is 14.1. The lowest BCUT2D eigenvalue weighted by Gasteiger charge is -2.12. The van der Waals surface area contributed by atoms with E-state index in [2.05, 4.69) is 63.9 Å². The monoisotopic (exact) mass is 216 g/mol. The van der Waals surface area contributed by atoms with E-state index >= 15 is 0 Å². The molecule has 0 saturated heterocycles. The molecule has 0 fully saturated rings. The Morgan fingerprint density at radius 3 is 2.06 bits per heavy atom. The average Bonchev–Trinajstić information content (AvgIpc) is 2.34. The number of benzene rings is 1. The normalized spacial score (nSPS) is 11.5. The molecular weight excluding hydrogens is 192 g/mol. The quantitative estimate of drug-likeness (QED) is 0.471. The molecule has 0 aliphatic heterocycles.